The Balaban J connectivity index is 1.72. The van der Waals surface area contributed by atoms with Gasteiger partial charge in [0, 0.05) is 27.6 Å². The number of benzene rings is 2. The van der Waals surface area contributed by atoms with Crippen LogP contribution in [0.15, 0.2) is 52.9 Å². The molecule has 30 heavy (non-hydrogen) atoms. The third-order valence-corrected chi connectivity index (χ3v) is 5.57. The molecule has 8 heteroatoms. The molecule has 7 nitrogen and oxygen atoms in total. The van der Waals surface area contributed by atoms with Crippen molar-refractivity contribution < 1.29 is 19.8 Å². The first kappa shape index (κ1) is 21.1. The Bertz CT molecular complexity index is 1130. The maximum atomic E-state index is 12.5. The molecule has 3 rings (SSSR count). The second-order valence-electron chi connectivity index (χ2n) is 6.74. The summed E-state index contributed by atoms with van der Waals surface area (Å²) in [6.45, 7) is 5.61. The molecule has 0 aliphatic heterocycles. The number of nitrogens with one attached hydrogen (secondary N) is 2. The number of thiophene rings is 1. The van der Waals surface area contributed by atoms with Crippen molar-refractivity contribution in [3.63, 3.8) is 0 Å². The molecule has 2 aromatic carbocycles. The smallest absolute Gasteiger partial charge is 0.271 e. The van der Waals surface area contributed by atoms with Crippen molar-refractivity contribution in [1.29, 1.82) is 0 Å². The minimum Gasteiger partial charge on any atom is -0.508 e. The SMILES string of the molecule is C/C(=N/NC(=O)c1cc(O)cc(O)c1)c1cccc(NC(=O)c2csc(C)c2C)c1. The number of hydrazone groups is 1. The highest BCUT2D eigenvalue weighted by Gasteiger charge is 2.13. The van der Waals surface area contributed by atoms with Crippen LogP contribution in [-0.4, -0.2) is 27.7 Å². The van der Waals surface area contributed by atoms with E-state index in [0.29, 0.717) is 22.5 Å². The Morgan fingerprint density at radius 3 is 2.30 bits per heavy atom. The van der Waals surface area contributed by atoms with Gasteiger partial charge in [-0.25, -0.2) is 5.43 Å². The number of aromatic hydroxyl groups is 2. The average molecular weight is 423 g/mol. The second kappa shape index (κ2) is 8.79. The number of rotatable bonds is 5. The number of phenolic OH excluding ortho intramolecular Hbond substituents is 2. The van der Waals surface area contributed by atoms with E-state index in [9.17, 15) is 19.8 Å². The number of aryl methyl sites for hydroxylation is 1. The number of anilines is 1. The minimum absolute atomic E-state index is 0.0755. The van der Waals surface area contributed by atoms with Gasteiger partial charge < -0.3 is 15.5 Å². The molecule has 0 spiro atoms. The largest absolute Gasteiger partial charge is 0.508 e. The quantitative estimate of drug-likeness (QED) is 0.364. The van der Waals surface area contributed by atoms with E-state index in [2.05, 4.69) is 15.8 Å². The summed E-state index contributed by atoms with van der Waals surface area (Å²) in [6, 6.07) is 10.7. The van der Waals surface area contributed by atoms with E-state index >= 15 is 0 Å². The number of amides is 2. The molecule has 154 valence electrons. The zero-order chi connectivity index (χ0) is 21.8. The summed E-state index contributed by atoms with van der Waals surface area (Å²) in [4.78, 5) is 25.8. The Hall–Kier alpha value is -3.65. The van der Waals surface area contributed by atoms with E-state index in [1.54, 1.807) is 31.2 Å². The van der Waals surface area contributed by atoms with Crippen LogP contribution < -0.4 is 10.7 Å². The summed E-state index contributed by atoms with van der Waals surface area (Å²) >= 11 is 1.54. The van der Waals surface area contributed by atoms with Gasteiger partial charge >= 0.3 is 0 Å². The Morgan fingerprint density at radius 1 is 0.967 bits per heavy atom. The first-order valence-corrected chi connectivity index (χ1v) is 9.96. The van der Waals surface area contributed by atoms with E-state index in [4.69, 9.17) is 0 Å². The number of phenols is 2. The highest BCUT2D eigenvalue weighted by molar-refractivity contribution is 7.10. The third-order valence-electron chi connectivity index (χ3n) is 4.56. The molecule has 0 saturated carbocycles. The highest BCUT2D eigenvalue weighted by Crippen LogP contribution is 2.22. The third kappa shape index (κ3) is 4.84. The van der Waals surface area contributed by atoms with Gasteiger partial charge in [0.25, 0.3) is 11.8 Å². The van der Waals surface area contributed by atoms with E-state index in [1.807, 2.05) is 19.2 Å². The molecule has 0 fully saturated rings. The van der Waals surface area contributed by atoms with Crippen LogP contribution in [0.5, 0.6) is 11.5 Å². The van der Waals surface area contributed by atoms with Gasteiger partial charge in [-0.2, -0.15) is 5.10 Å². The summed E-state index contributed by atoms with van der Waals surface area (Å²) in [5, 5.41) is 27.8. The summed E-state index contributed by atoms with van der Waals surface area (Å²) < 4.78 is 0. The Kier molecular flexibility index (Phi) is 6.17. The van der Waals surface area contributed by atoms with Gasteiger partial charge in [-0.3, -0.25) is 9.59 Å². The van der Waals surface area contributed by atoms with E-state index in [-0.39, 0.29) is 23.0 Å². The molecule has 0 aliphatic rings. The molecule has 0 radical (unpaired) electrons. The molecule has 0 saturated heterocycles. The number of hydrogen-bond donors (Lipinski definition) is 4. The molecule has 0 bridgehead atoms. The lowest BCUT2D eigenvalue weighted by Crippen LogP contribution is -2.19. The van der Waals surface area contributed by atoms with Crippen molar-refractivity contribution in [3.05, 3.63) is 75.0 Å². The molecule has 2 amide bonds. The Labute approximate surface area is 177 Å². The van der Waals surface area contributed by atoms with Crippen molar-refractivity contribution in [2.45, 2.75) is 20.8 Å². The van der Waals surface area contributed by atoms with Crippen LogP contribution in [0.1, 0.15) is 43.6 Å². The fourth-order valence-corrected chi connectivity index (χ4v) is 3.61. The van der Waals surface area contributed by atoms with E-state index in [0.717, 1.165) is 16.5 Å². The molecular weight excluding hydrogens is 402 g/mol. The first-order valence-electron chi connectivity index (χ1n) is 9.08. The van der Waals surface area contributed by atoms with Crippen LogP contribution in [0.4, 0.5) is 5.69 Å². The number of hydrogen-bond acceptors (Lipinski definition) is 6. The van der Waals surface area contributed by atoms with Gasteiger partial charge in [0.2, 0.25) is 0 Å². The van der Waals surface area contributed by atoms with Gasteiger partial charge in [0.1, 0.15) is 11.5 Å². The monoisotopic (exact) mass is 423 g/mol. The summed E-state index contributed by atoms with van der Waals surface area (Å²) in [5.74, 6) is -1.20. The van der Waals surface area contributed by atoms with Gasteiger partial charge in [-0.15, -0.1) is 11.3 Å². The summed E-state index contributed by atoms with van der Waals surface area (Å²) in [7, 11) is 0. The zero-order valence-electron chi connectivity index (χ0n) is 16.7. The molecule has 4 N–H and O–H groups in total. The molecule has 0 aliphatic carbocycles. The van der Waals surface area contributed by atoms with Crippen LogP contribution in [0.3, 0.4) is 0 Å². The number of nitrogens with zero attached hydrogens (tertiary/aromatic N) is 1. The fraction of sp³-hybridized carbons (Fsp3) is 0.136. The lowest BCUT2D eigenvalue weighted by Gasteiger charge is -2.08. The number of carbonyl (C=O) groups excluding carboxylic acids is 2. The molecule has 3 aromatic rings. The van der Waals surface area contributed by atoms with Crippen molar-refractivity contribution in [2.75, 3.05) is 5.32 Å². The van der Waals surface area contributed by atoms with Crippen molar-refractivity contribution in [2.24, 2.45) is 5.10 Å². The van der Waals surface area contributed by atoms with E-state index < -0.39 is 5.91 Å². The molecule has 0 atom stereocenters. The average Bonchev–Trinajstić information content (AvgIpc) is 3.04. The summed E-state index contributed by atoms with van der Waals surface area (Å²) in [6.07, 6.45) is 0. The lowest BCUT2D eigenvalue weighted by atomic mass is 10.1. The second-order valence-corrected chi connectivity index (χ2v) is 7.83. The maximum Gasteiger partial charge on any atom is 0.271 e. The van der Waals surface area contributed by atoms with Gasteiger partial charge in [-0.1, -0.05) is 12.1 Å². The van der Waals surface area contributed by atoms with Crippen LogP contribution in [-0.2, 0) is 0 Å². The van der Waals surface area contributed by atoms with Crippen molar-refractivity contribution in [3.8, 4) is 11.5 Å². The van der Waals surface area contributed by atoms with Gasteiger partial charge in [0.15, 0.2) is 0 Å². The zero-order valence-corrected chi connectivity index (χ0v) is 17.5. The highest BCUT2D eigenvalue weighted by atomic mass is 32.1. The molecular formula is C22H21N3O4S. The van der Waals surface area contributed by atoms with E-state index in [1.165, 1.54) is 23.5 Å². The maximum absolute atomic E-state index is 12.5. The van der Waals surface area contributed by atoms with Crippen LogP contribution >= 0.6 is 11.3 Å². The van der Waals surface area contributed by atoms with Gasteiger partial charge in [0.05, 0.1) is 11.3 Å². The van der Waals surface area contributed by atoms with Crippen LogP contribution in [0.2, 0.25) is 0 Å². The van der Waals surface area contributed by atoms with Crippen molar-refractivity contribution >= 4 is 34.6 Å². The summed E-state index contributed by atoms with van der Waals surface area (Å²) in [5.41, 5.74) is 5.92. The topological polar surface area (TPSA) is 111 Å². The van der Waals surface area contributed by atoms with Crippen LogP contribution in [0, 0.1) is 13.8 Å². The molecule has 1 aromatic heterocycles. The Morgan fingerprint density at radius 2 is 1.67 bits per heavy atom. The standard InChI is InChI=1S/C22H21N3O4S/c1-12-14(3)30-11-20(12)22(29)23-17-6-4-5-15(7-17)13(2)24-25-21(28)16-8-18(26)10-19(27)9-16/h4-11,26-27H,1-3H3,(H,23,29)(H,25,28)/b24-13-. The number of carbonyl (C=O) groups is 2. The predicted octanol–water partition coefficient (Wildman–Crippen LogP) is 4.18. The first-order chi connectivity index (χ1) is 14.2. The fourth-order valence-electron chi connectivity index (χ4n) is 2.75. The lowest BCUT2D eigenvalue weighted by molar-refractivity contribution is 0.0953. The predicted molar refractivity (Wildman–Crippen MR) is 118 cm³/mol. The molecule has 0 unspecified atom stereocenters. The minimum atomic E-state index is -0.576. The van der Waals surface area contributed by atoms with Crippen molar-refractivity contribution in [1.82, 2.24) is 5.43 Å². The van der Waals surface area contributed by atoms with Crippen LogP contribution in [0.25, 0.3) is 0 Å². The normalized spacial score (nSPS) is 11.2. The molecule has 1 heterocycles. The van der Waals surface area contributed by atoms with Gasteiger partial charge in [-0.05, 0) is 56.2 Å².